The number of benzene rings is 1. The molecule has 0 atom stereocenters. The molecule has 0 radical (unpaired) electrons. The second-order valence-electron chi connectivity index (χ2n) is 5.14. The number of carbonyl (C=O) groups excluding carboxylic acids is 2. The van der Waals surface area contributed by atoms with Crippen molar-refractivity contribution in [1.29, 1.82) is 0 Å². The largest absolute Gasteiger partial charge is 0.330 e. The third kappa shape index (κ3) is 3.07. The van der Waals surface area contributed by atoms with E-state index in [0.29, 0.717) is 6.54 Å². The second-order valence-corrected chi connectivity index (χ2v) is 6.00. The van der Waals surface area contributed by atoms with E-state index in [9.17, 15) is 18.4 Å². The molecule has 1 aromatic carbocycles. The Morgan fingerprint density at radius 2 is 1.86 bits per heavy atom. The van der Waals surface area contributed by atoms with Crippen LogP contribution in [0.3, 0.4) is 0 Å². The Kier molecular flexibility index (Phi) is 4.61. The molecule has 0 saturated carbocycles. The van der Waals surface area contributed by atoms with Crippen molar-refractivity contribution in [2.24, 2.45) is 0 Å². The van der Waals surface area contributed by atoms with Gasteiger partial charge < -0.3 is 9.80 Å². The fraction of sp³-hybridized carbons (Fsp3) is 0.429. The zero-order chi connectivity index (χ0) is 15.7. The Labute approximate surface area is 129 Å². The van der Waals surface area contributed by atoms with Crippen LogP contribution in [0.4, 0.5) is 8.78 Å². The number of amides is 2. The van der Waals surface area contributed by atoms with Crippen LogP contribution in [0.2, 0.25) is 0 Å². The molecular weight excluding hydrogens is 346 g/mol. The van der Waals surface area contributed by atoms with Gasteiger partial charge in [0.05, 0.1) is 11.0 Å². The van der Waals surface area contributed by atoms with Crippen molar-refractivity contribution in [2.75, 3.05) is 13.1 Å². The van der Waals surface area contributed by atoms with Gasteiger partial charge in [0.25, 0.3) is 0 Å². The van der Waals surface area contributed by atoms with E-state index in [-0.39, 0.29) is 29.2 Å². The molecule has 1 aliphatic rings. The van der Waals surface area contributed by atoms with E-state index >= 15 is 0 Å². The number of hydrogen-bond acceptors (Lipinski definition) is 2. The summed E-state index contributed by atoms with van der Waals surface area (Å²) in [7, 11) is 0. The van der Waals surface area contributed by atoms with Gasteiger partial charge in [0, 0.05) is 24.7 Å². The number of hydrogen-bond donors (Lipinski definition) is 0. The van der Waals surface area contributed by atoms with Crippen molar-refractivity contribution in [3.63, 3.8) is 0 Å². The van der Waals surface area contributed by atoms with Gasteiger partial charge in [-0.25, -0.2) is 8.78 Å². The molecule has 0 N–H and O–H groups in total. The summed E-state index contributed by atoms with van der Waals surface area (Å²) in [5, 5.41) is 0. The zero-order valence-electron chi connectivity index (χ0n) is 11.7. The number of carbonyl (C=O) groups is 2. The quantitative estimate of drug-likeness (QED) is 0.613. The molecule has 2 amide bonds. The molecule has 21 heavy (non-hydrogen) atoms. The van der Waals surface area contributed by atoms with Crippen LogP contribution in [0.15, 0.2) is 16.6 Å². The van der Waals surface area contributed by atoms with E-state index in [1.165, 1.54) is 15.9 Å². The minimum Gasteiger partial charge on any atom is -0.330 e. The molecule has 1 saturated heterocycles. The van der Waals surface area contributed by atoms with Crippen LogP contribution in [0, 0.1) is 11.6 Å². The molecular formula is C14H15BrF2N2O2. The molecule has 114 valence electrons. The summed E-state index contributed by atoms with van der Waals surface area (Å²) in [5.74, 6) is -2.84. The minimum absolute atomic E-state index is 0.0806. The molecule has 0 spiro atoms. The average Bonchev–Trinajstić information content (AvgIpc) is 2.43. The van der Waals surface area contributed by atoms with Gasteiger partial charge in [0.1, 0.15) is 11.6 Å². The first-order chi connectivity index (χ1) is 9.82. The summed E-state index contributed by atoms with van der Waals surface area (Å²) in [4.78, 5) is 26.6. The summed E-state index contributed by atoms with van der Waals surface area (Å²) >= 11 is 2.98. The van der Waals surface area contributed by atoms with E-state index in [4.69, 9.17) is 0 Å². The summed E-state index contributed by atoms with van der Waals surface area (Å²) in [5.41, 5.74) is -0.219. The molecule has 0 bridgehead atoms. The van der Waals surface area contributed by atoms with Crippen LogP contribution < -0.4 is 0 Å². The lowest BCUT2D eigenvalue weighted by atomic mass is 10.1. The maximum atomic E-state index is 13.9. The van der Waals surface area contributed by atoms with Crippen LogP contribution in [-0.4, -0.2) is 40.7 Å². The van der Waals surface area contributed by atoms with E-state index in [1.54, 1.807) is 0 Å². The molecule has 7 heteroatoms. The summed E-state index contributed by atoms with van der Waals surface area (Å²) in [6.07, 6.45) is 0. The van der Waals surface area contributed by atoms with Crippen LogP contribution in [0.1, 0.15) is 19.4 Å². The lowest BCUT2D eigenvalue weighted by molar-refractivity contribution is -0.157. The van der Waals surface area contributed by atoms with Crippen molar-refractivity contribution < 1.29 is 18.4 Å². The molecule has 2 rings (SSSR count). The van der Waals surface area contributed by atoms with Gasteiger partial charge in [-0.3, -0.25) is 9.59 Å². The Morgan fingerprint density at radius 3 is 2.48 bits per heavy atom. The highest BCUT2D eigenvalue weighted by Crippen LogP contribution is 2.23. The van der Waals surface area contributed by atoms with Crippen LogP contribution in [0.25, 0.3) is 0 Å². The molecule has 0 aromatic heterocycles. The molecule has 1 aliphatic heterocycles. The highest BCUT2D eigenvalue weighted by Gasteiger charge is 2.34. The van der Waals surface area contributed by atoms with E-state index < -0.39 is 23.4 Å². The average molecular weight is 361 g/mol. The fourth-order valence-corrected chi connectivity index (χ4v) is 2.61. The van der Waals surface area contributed by atoms with Crippen LogP contribution in [0.5, 0.6) is 0 Å². The summed E-state index contributed by atoms with van der Waals surface area (Å²) < 4.78 is 27.8. The van der Waals surface area contributed by atoms with Gasteiger partial charge in [0.15, 0.2) is 0 Å². The fourth-order valence-electron chi connectivity index (χ4n) is 2.24. The maximum Gasteiger partial charge on any atom is 0.312 e. The number of piperazine rings is 1. The van der Waals surface area contributed by atoms with Crippen LogP contribution in [-0.2, 0) is 16.1 Å². The Bertz CT molecular complexity index is 593. The number of rotatable bonds is 3. The lowest BCUT2D eigenvalue weighted by Crippen LogP contribution is -2.55. The Hall–Kier alpha value is -1.50. The van der Waals surface area contributed by atoms with Gasteiger partial charge in [-0.15, -0.1) is 0 Å². The first-order valence-corrected chi connectivity index (χ1v) is 7.34. The Balaban J connectivity index is 2.21. The lowest BCUT2D eigenvalue weighted by Gasteiger charge is -2.36. The van der Waals surface area contributed by atoms with Gasteiger partial charge in [0.2, 0.25) is 0 Å². The third-order valence-electron chi connectivity index (χ3n) is 3.45. The van der Waals surface area contributed by atoms with Crippen molar-refractivity contribution in [2.45, 2.75) is 26.4 Å². The highest BCUT2D eigenvalue weighted by atomic mass is 79.9. The van der Waals surface area contributed by atoms with E-state index in [0.717, 1.165) is 6.07 Å². The maximum absolute atomic E-state index is 13.9. The van der Waals surface area contributed by atoms with Gasteiger partial charge in [-0.2, -0.15) is 0 Å². The normalized spacial score (nSPS) is 16.1. The standard InChI is InChI=1S/C14H15BrF2N2O2/c1-8(2)19-6-5-18(13(20)14(19)21)7-9-11(16)4-3-10(15)12(9)17/h3-4,8H,5-7H2,1-2H3. The third-order valence-corrected chi connectivity index (χ3v) is 4.07. The van der Waals surface area contributed by atoms with Crippen molar-refractivity contribution in [3.8, 4) is 0 Å². The predicted octanol–water partition coefficient (Wildman–Crippen LogP) is 2.31. The number of nitrogens with zero attached hydrogens (tertiary/aromatic N) is 2. The minimum atomic E-state index is -0.749. The van der Waals surface area contributed by atoms with Gasteiger partial charge in [-0.1, -0.05) is 0 Å². The predicted molar refractivity (Wildman–Crippen MR) is 76.3 cm³/mol. The zero-order valence-corrected chi connectivity index (χ0v) is 13.3. The molecule has 0 unspecified atom stereocenters. The molecule has 4 nitrogen and oxygen atoms in total. The first kappa shape index (κ1) is 15.9. The smallest absolute Gasteiger partial charge is 0.312 e. The summed E-state index contributed by atoms with van der Waals surface area (Å²) in [6.45, 7) is 3.99. The summed E-state index contributed by atoms with van der Waals surface area (Å²) in [6, 6.07) is 2.31. The van der Waals surface area contributed by atoms with Crippen molar-refractivity contribution >= 4 is 27.7 Å². The number of halogens is 3. The van der Waals surface area contributed by atoms with E-state index in [1.807, 2.05) is 13.8 Å². The molecule has 1 aromatic rings. The second kappa shape index (κ2) is 6.09. The SMILES string of the molecule is CC(C)N1CCN(Cc2c(F)ccc(Br)c2F)C(=O)C1=O. The first-order valence-electron chi connectivity index (χ1n) is 6.55. The highest BCUT2D eigenvalue weighted by molar-refractivity contribution is 9.10. The molecule has 0 aliphatic carbocycles. The Morgan fingerprint density at radius 1 is 1.19 bits per heavy atom. The molecule has 1 heterocycles. The molecule has 1 fully saturated rings. The van der Waals surface area contributed by atoms with Crippen molar-refractivity contribution in [3.05, 3.63) is 33.8 Å². The van der Waals surface area contributed by atoms with Crippen LogP contribution >= 0.6 is 15.9 Å². The van der Waals surface area contributed by atoms with Gasteiger partial charge >= 0.3 is 11.8 Å². The van der Waals surface area contributed by atoms with Crippen molar-refractivity contribution in [1.82, 2.24) is 9.80 Å². The monoisotopic (exact) mass is 360 g/mol. The van der Waals surface area contributed by atoms with Gasteiger partial charge in [-0.05, 0) is 41.9 Å². The topological polar surface area (TPSA) is 40.6 Å². The van der Waals surface area contributed by atoms with E-state index in [2.05, 4.69) is 15.9 Å².